The Morgan fingerprint density at radius 1 is 1.19 bits per heavy atom. The minimum absolute atomic E-state index is 0.227. The maximum absolute atomic E-state index is 13.0. The average Bonchev–Trinajstić information content (AvgIpc) is 3.42. The number of nitrogens with zero attached hydrogens (tertiary/aromatic N) is 7. The van der Waals surface area contributed by atoms with E-state index in [1.807, 2.05) is 6.92 Å². The van der Waals surface area contributed by atoms with Gasteiger partial charge in [-0.3, -0.25) is 4.68 Å². The van der Waals surface area contributed by atoms with Crippen LogP contribution in [0.15, 0.2) is 36.9 Å². The fourth-order valence-corrected chi connectivity index (χ4v) is 3.91. The Balaban J connectivity index is 1.56. The van der Waals surface area contributed by atoms with E-state index in [4.69, 9.17) is 14.2 Å². The maximum Gasteiger partial charge on any atom is 0.257 e. The van der Waals surface area contributed by atoms with Crippen molar-refractivity contribution in [3.63, 3.8) is 0 Å². The molecule has 5 heterocycles. The number of ether oxygens (including phenoxy) is 3. The third-order valence-electron chi connectivity index (χ3n) is 5.62. The molecule has 1 atom stereocenters. The number of hydrogen-bond acceptors (Lipinski definition) is 9. The van der Waals surface area contributed by atoms with Crippen LogP contribution in [-0.2, 0) is 13.6 Å². The number of hydrogen-bond donors (Lipinski definition) is 1. The Kier molecular flexibility index (Phi) is 6.84. The molecule has 5 rings (SSSR count). The molecule has 1 aliphatic rings. The van der Waals surface area contributed by atoms with Crippen molar-refractivity contribution in [3.8, 4) is 40.0 Å². The molecule has 4 aromatic heterocycles. The Morgan fingerprint density at radius 3 is 2.86 bits per heavy atom. The van der Waals surface area contributed by atoms with Crippen molar-refractivity contribution in [1.82, 2.24) is 34.5 Å². The summed E-state index contributed by atoms with van der Waals surface area (Å²) in [5, 5.41) is 11.7. The SMILES string of the molecule is CCOc1nn(CC(F)F)cc1-c1cnc2cc1O[C@@H](C)CCOc1c(cnn1C)-c1nccc(n1)N2. The topological polar surface area (TPSA) is 114 Å². The first-order valence-corrected chi connectivity index (χ1v) is 11.8. The van der Waals surface area contributed by atoms with Gasteiger partial charge in [0.05, 0.1) is 31.1 Å². The number of halogens is 2. The number of fused-ring (bicyclic) bond motifs is 6. The van der Waals surface area contributed by atoms with Gasteiger partial charge >= 0.3 is 0 Å². The van der Waals surface area contributed by atoms with Crippen molar-refractivity contribution < 1.29 is 23.0 Å². The lowest BCUT2D eigenvalue weighted by molar-refractivity contribution is 0.121. The monoisotopic (exact) mass is 512 g/mol. The summed E-state index contributed by atoms with van der Waals surface area (Å²) >= 11 is 0. The predicted octanol–water partition coefficient (Wildman–Crippen LogP) is 4.09. The van der Waals surface area contributed by atoms with Gasteiger partial charge in [-0.15, -0.1) is 5.10 Å². The van der Waals surface area contributed by atoms with Crippen LogP contribution in [0.2, 0.25) is 0 Å². The second-order valence-corrected chi connectivity index (χ2v) is 8.40. The van der Waals surface area contributed by atoms with Gasteiger partial charge in [0.25, 0.3) is 6.43 Å². The number of anilines is 2. The van der Waals surface area contributed by atoms with E-state index in [-0.39, 0.29) is 12.0 Å². The minimum atomic E-state index is -2.56. The first kappa shape index (κ1) is 24.4. The Morgan fingerprint density at radius 2 is 2.05 bits per heavy atom. The molecule has 4 bridgehead atoms. The van der Waals surface area contributed by atoms with Crippen LogP contribution in [0.4, 0.5) is 20.4 Å². The maximum atomic E-state index is 13.0. The van der Waals surface area contributed by atoms with E-state index in [9.17, 15) is 8.78 Å². The van der Waals surface area contributed by atoms with Gasteiger partial charge in [0.15, 0.2) is 5.82 Å². The molecular formula is C24H26F2N8O3. The average molecular weight is 513 g/mol. The lowest BCUT2D eigenvalue weighted by Crippen LogP contribution is -2.17. The van der Waals surface area contributed by atoms with Crippen molar-refractivity contribution in [2.45, 2.75) is 39.3 Å². The van der Waals surface area contributed by atoms with E-state index in [0.717, 1.165) is 4.68 Å². The van der Waals surface area contributed by atoms with Gasteiger partial charge < -0.3 is 19.5 Å². The summed E-state index contributed by atoms with van der Waals surface area (Å²) in [5.74, 6) is 2.70. The summed E-state index contributed by atoms with van der Waals surface area (Å²) in [5.41, 5.74) is 1.74. The van der Waals surface area contributed by atoms with Crippen molar-refractivity contribution in [1.29, 1.82) is 0 Å². The normalized spacial score (nSPS) is 15.2. The highest BCUT2D eigenvalue weighted by Crippen LogP contribution is 2.38. The largest absolute Gasteiger partial charge is 0.490 e. The van der Waals surface area contributed by atoms with Crippen LogP contribution >= 0.6 is 0 Å². The van der Waals surface area contributed by atoms with Crippen molar-refractivity contribution in [3.05, 3.63) is 36.9 Å². The summed E-state index contributed by atoms with van der Waals surface area (Å²) in [4.78, 5) is 13.5. The molecule has 11 nitrogen and oxygen atoms in total. The molecule has 194 valence electrons. The van der Waals surface area contributed by atoms with E-state index < -0.39 is 13.0 Å². The van der Waals surface area contributed by atoms with E-state index in [0.29, 0.717) is 65.4 Å². The third-order valence-corrected chi connectivity index (χ3v) is 5.62. The number of nitrogens with one attached hydrogen (secondary N) is 1. The minimum Gasteiger partial charge on any atom is -0.490 e. The van der Waals surface area contributed by atoms with Crippen LogP contribution in [0.3, 0.4) is 0 Å². The van der Waals surface area contributed by atoms with Gasteiger partial charge in [0, 0.05) is 43.7 Å². The van der Waals surface area contributed by atoms with E-state index in [1.165, 1.54) is 6.20 Å². The molecule has 13 heteroatoms. The van der Waals surface area contributed by atoms with E-state index in [2.05, 4.69) is 30.5 Å². The van der Waals surface area contributed by atoms with E-state index >= 15 is 0 Å². The molecule has 0 saturated carbocycles. The Labute approximate surface area is 211 Å². The molecule has 0 radical (unpaired) electrons. The van der Waals surface area contributed by atoms with Gasteiger partial charge in [-0.25, -0.2) is 28.4 Å². The molecule has 0 unspecified atom stereocenters. The molecule has 1 aliphatic heterocycles. The van der Waals surface area contributed by atoms with Crippen LogP contribution in [0, 0.1) is 0 Å². The highest BCUT2D eigenvalue weighted by Gasteiger charge is 2.22. The molecule has 4 aromatic rings. The standard InChI is InChI=1S/C24H26F2N8O3/c1-4-35-23-17(12-34(32-23)13-19(25)26)15-10-28-21-9-18(15)37-14(2)6-8-36-24-16(11-29-33(24)3)22-27-7-5-20(30-21)31-22/h5,7,9-12,14,19H,4,6,8,13H2,1-3H3,(H,27,28,30,31)/t14-/m0/s1. The molecule has 37 heavy (non-hydrogen) atoms. The van der Waals surface area contributed by atoms with Gasteiger partial charge in [-0.05, 0) is 19.9 Å². The van der Waals surface area contributed by atoms with Crippen LogP contribution in [-0.4, -0.2) is 60.3 Å². The smallest absolute Gasteiger partial charge is 0.257 e. The molecule has 0 spiro atoms. The molecule has 1 N–H and O–H groups in total. The lowest BCUT2D eigenvalue weighted by Gasteiger charge is -2.19. The highest BCUT2D eigenvalue weighted by atomic mass is 19.3. The second kappa shape index (κ2) is 10.4. The van der Waals surface area contributed by atoms with Crippen LogP contribution in [0.25, 0.3) is 22.5 Å². The van der Waals surface area contributed by atoms with Crippen LogP contribution < -0.4 is 19.5 Å². The fraction of sp³-hybridized carbons (Fsp3) is 0.375. The van der Waals surface area contributed by atoms with Crippen LogP contribution in [0.5, 0.6) is 17.5 Å². The number of aryl methyl sites for hydroxylation is 1. The molecule has 0 saturated heterocycles. The summed E-state index contributed by atoms with van der Waals surface area (Å²) in [7, 11) is 1.79. The Hall–Kier alpha value is -4.29. The zero-order valence-electron chi connectivity index (χ0n) is 20.6. The zero-order chi connectivity index (χ0) is 25.9. The van der Waals surface area contributed by atoms with E-state index in [1.54, 1.807) is 49.4 Å². The van der Waals surface area contributed by atoms with Gasteiger partial charge in [0.1, 0.15) is 29.5 Å². The summed E-state index contributed by atoms with van der Waals surface area (Å²) in [6.07, 6.45) is 4.15. The number of alkyl halides is 2. The summed E-state index contributed by atoms with van der Waals surface area (Å²) < 4.78 is 46.8. The van der Waals surface area contributed by atoms with Gasteiger partial charge in [-0.2, -0.15) is 5.10 Å². The number of aromatic nitrogens is 7. The number of rotatable bonds is 5. The second-order valence-electron chi connectivity index (χ2n) is 8.40. The highest BCUT2D eigenvalue weighted by molar-refractivity contribution is 5.75. The number of pyridine rings is 1. The summed E-state index contributed by atoms with van der Waals surface area (Å²) in [6.45, 7) is 3.85. The van der Waals surface area contributed by atoms with Gasteiger partial charge in [-0.1, -0.05) is 0 Å². The molecular weight excluding hydrogens is 486 g/mol. The van der Waals surface area contributed by atoms with Crippen molar-refractivity contribution in [2.24, 2.45) is 7.05 Å². The lowest BCUT2D eigenvalue weighted by atomic mass is 10.1. The van der Waals surface area contributed by atoms with Crippen molar-refractivity contribution in [2.75, 3.05) is 18.5 Å². The molecule has 0 aliphatic carbocycles. The predicted molar refractivity (Wildman–Crippen MR) is 130 cm³/mol. The Bertz CT molecular complexity index is 1390. The molecule has 0 amide bonds. The third kappa shape index (κ3) is 5.29. The van der Waals surface area contributed by atoms with Crippen LogP contribution in [0.1, 0.15) is 20.3 Å². The summed E-state index contributed by atoms with van der Waals surface area (Å²) in [6, 6.07) is 3.45. The molecule has 0 aromatic carbocycles. The van der Waals surface area contributed by atoms with Gasteiger partial charge in [0.2, 0.25) is 11.8 Å². The molecule has 0 fully saturated rings. The quantitative estimate of drug-likeness (QED) is 0.422. The first-order chi connectivity index (χ1) is 17.9. The first-order valence-electron chi connectivity index (χ1n) is 11.8. The fourth-order valence-electron chi connectivity index (χ4n) is 3.91. The zero-order valence-corrected chi connectivity index (χ0v) is 20.6. The van der Waals surface area contributed by atoms with Crippen molar-refractivity contribution >= 4 is 11.6 Å².